The molecule has 0 unspecified atom stereocenters. The molecule has 1 heterocycles. The van der Waals surface area contributed by atoms with Crippen LogP contribution >= 0.6 is 0 Å². The molecule has 0 spiro atoms. The van der Waals surface area contributed by atoms with Crippen molar-refractivity contribution in [3.8, 4) is 17.2 Å². The molecular formula is C31H36N2O3. The molecule has 4 rings (SSSR count). The molecule has 4 aromatic rings. The zero-order valence-corrected chi connectivity index (χ0v) is 22.0. The van der Waals surface area contributed by atoms with Gasteiger partial charge in [-0.05, 0) is 73.2 Å². The maximum atomic E-state index is 6.23. The van der Waals surface area contributed by atoms with Crippen molar-refractivity contribution in [2.24, 2.45) is 0 Å². The number of imidazole rings is 1. The standard InChI is InChI=1S/C31H36N2O3/c1-6-10-24-14-16-28(30(20-24)34-5)36-21-31-32-26-11-7-8-12-27(26)33(31)17-9-18-35-29-19-23(4)13-15-25(29)22(2)3/h6-8,10-16,19-20,22H,9,17-18,21H2,1-5H3/b10-6-. The number of benzene rings is 3. The molecule has 0 aliphatic heterocycles. The van der Waals surface area contributed by atoms with E-state index in [1.807, 2.05) is 55.5 Å². The molecule has 0 aliphatic rings. The summed E-state index contributed by atoms with van der Waals surface area (Å²) in [6.07, 6.45) is 4.90. The molecule has 5 nitrogen and oxygen atoms in total. The van der Waals surface area contributed by atoms with Gasteiger partial charge in [-0.15, -0.1) is 0 Å². The van der Waals surface area contributed by atoms with Crippen LogP contribution in [0.1, 0.15) is 55.6 Å². The lowest BCUT2D eigenvalue weighted by Gasteiger charge is -2.16. The first-order chi connectivity index (χ1) is 17.5. The number of rotatable bonds is 11. The fourth-order valence-electron chi connectivity index (χ4n) is 4.38. The van der Waals surface area contributed by atoms with Crippen LogP contribution in [0.15, 0.2) is 66.7 Å². The van der Waals surface area contributed by atoms with Crippen LogP contribution in [0.3, 0.4) is 0 Å². The van der Waals surface area contributed by atoms with Gasteiger partial charge in [0.25, 0.3) is 0 Å². The Kier molecular flexibility index (Phi) is 8.32. The number of para-hydroxylation sites is 2. The molecule has 3 aromatic carbocycles. The molecule has 0 saturated heterocycles. The van der Waals surface area contributed by atoms with Gasteiger partial charge in [0.2, 0.25) is 0 Å². The predicted octanol–water partition coefficient (Wildman–Crippen LogP) is 7.56. The normalized spacial score (nSPS) is 11.5. The first-order valence-corrected chi connectivity index (χ1v) is 12.6. The molecule has 1 aromatic heterocycles. The van der Waals surface area contributed by atoms with Crippen molar-refractivity contribution in [3.63, 3.8) is 0 Å². The Hall–Kier alpha value is -3.73. The van der Waals surface area contributed by atoms with Crippen LogP contribution in [0, 0.1) is 6.92 Å². The van der Waals surface area contributed by atoms with E-state index in [2.05, 4.69) is 49.6 Å². The van der Waals surface area contributed by atoms with Gasteiger partial charge in [-0.3, -0.25) is 0 Å². The minimum absolute atomic E-state index is 0.351. The van der Waals surface area contributed by atoms with Crippen LogP contribution in [-0.4, -0.2) is 23.3 Å². The SMILES string of the molecule is C/C=C\c1ccc(OCc2nc3ccccc3n2CCCOc2cc(C)ccc2C(C)C)c(OC)c1. The predicted molar refractivity (Wildman–Crippen MR) is 147 cm³/mol. The highest BCUT2D eigenvalue weighted by molar-refractivity contribution is 5.75. The zero-order chi connectivity index (χ0) is 25.5. The number of allylic oxidation sites excluding steroid dienone is 1. The lowest BCUT2D eigenvalue weighted by Crippen LogP contribution is -2.11. The fourth-order valence-corrected chi connectivity index (χ4v) is 4.38. The Labute approximate surface area is 214 Å². The average Bonchev–Trinajstić information content (AvgIpc) is 3.23. The van der Waals surface area contributed by atoms with Crippen molar-refractivity contribution in [1.82, 2.24) is 9.55 Å². The summed E-state index contributed by atoms with van der Waals surface area (Å²) < 4.78 is 20.2. The molecule has 0 bridgehead atoms. The number of hydrogen-bond acceptors (Lipinski definition) is 4. The zero-order valence-electron chi connectivity index (χ0n) is 22.0. The second-order valence-electron chi connectivity index (χ2n) is 9.27. The highest BCUT2D eigenvalue weighted by Crippen LogP contribution is 2.30. The third-order valence-electron chi connectivity index (χ3n) is 6.21. The topological polar surface area (TPSA) is 45.5 Å². The van der Waals surface area contributed by atoms with E-state index in [-0.39, 0.29) is 0 Å². The maximum absolute atomic E-state index is 6.23. The van der Waals surface area contributed by atoms with Crippen LogP contribution in [-0.2, 0) is 13.2 Å². The number of hydrogen-bond donors (Lipinski definition) is 0. The van der Waals surface area contributed by atoms with Gasteiger partial charge < -0.3 is 18.8 Å². The highest BCUT2D eigenvalue weighted by Gasteiger charge is 2.14. The van der Waals surface area contributed by atoms with Crippen LogP contribution in [0.2, 0.25) is 0 Å². The molecule has 0 atom stereocenters. The molecule has 0 radical (unpaired) electrons. The summed E-state index contributed by atoms with van der Waals surface area (Å²) in [5, 5.41) is 0. The molecule has 5 heteroatoms. The van der Waals surface area contributed by atoms with Gasteiger partial charge in [0.1, 0.15) is 18.2 Å². The van der Waals surface area contributed by atoms with E-state index in [9.17, 15) is 0 Å². The van der Waals surface area contributed by atoms with E-state index in [0.717, 1.165) is 41.1 Å². The Morgan fingerprint density at radius 1 is 0.944 bits per heavy atom. The summed E-state index contributed by atoms with van der Waals surface area (Å²) in [4.78, 5) is 4.86. The number of aromatic nitrogens is 2. The summed E-state index contributed by atoms with van der Waals surface area (Å²) in [5.74, 6) is 3.70. The maximum Gasteiger partial charge on any atom is 0.161 e. The van der Waals surface area contributed by atoms with Crippen molar-refractivity contribution in [3.05, 3.63) is 89.3 Å². The van der Waals surface area contributed by atoms with Gasteiger partial charge in [-0.25, -0.2) is 4.98 Å². The molecule has 0 amide bonds. The van der Waals surface area contributed by atoms with Crippen LogP contribution in [0.4, 0.5) is 0 Å². The Morgan fingerprint density at radius 3 is 2.56 bits per heavy atom. The van der Waals surface area contributed by atoms with Crippen molar-refractivity contribution in [2.45, 2.75) is 53.2 Å². The largest absolute Gasteiger partial charge is 0.493 e. The minimum Gasteiger partial charge on any atom is -0.493 e. The first kappa shape index (κ1) is 25.4. The minimum atomic E-state index is 0.351. The number of nitrogens with zero attached hydrogens (tertiary/aromatic N) is 2. The molecule has 0 aliphatic carbocycles. The van der Waals surface area contributed by atoms with Crippen LogP contribution in [0.5, 0.6) is 17.2 Å². The second-order valence-corrected chi connectivity index (χ2v) is 9.27. The lowest BCUT2D eigenvalue weighted by molar-refractivity contribution is 0.267. The van der Waals surface area contributed by atoms with Crippen molar-refractivity contribution in [2.75, 3.05) is 13.7 Å². The molecule has 0 N–H and O–H groups in total. The lowest BCUT2D eigenvalue weighted by atomic mass is 10.0. The second kappa shape index (κ2) is 11.8. The third kappa shape index (κ3) is 5.91. The van der Waals surface area contributed by atoms with Gasteiger partial charge in [0, 0.05) is 6.54 Å². The van der Waals surface area contributed by atoms with Gasteiger partial charge in [0.15, 0.2) is 11.5 Å². The van der Waals surface area contributed by atoms with E-state index < -0.39 is 0 Å². The van der Waals surface area contributed by atoms with Gasteiger partial charge in [-0.1, -0.05) is 56.3 Å². The van der Waals surface area contributed by atoms with E-state index in [1.54, 1.807) is 7.11 Å². The van der Waals surface area contributed by atoms with Crippen molar-refractivity contribution >= 4 is 17.1 Å². The Morgan fingerprint density at radius 2 is 1.78 bits per heavy atom. The number of methoxy groups -OCH3 is 1. The average molecular weight is 485 g/mol. The number of fused-ring (bicyclic) bond motifs is 1. The van der Waals surface area contributed by atoms with Crippen molar-refractivity contribution in [1.29, 1.82) is 0 Å². The third-order valence-corrected chi connectivity index (χ3v) is 6.21. The highest BCUT2D eigenvalue weighted by atomic mass is 16.5. The molecule has 188 valence electrons. The van der Waals surface area contributed by atoms with E-state index in [1.165, 1.54) is 11.1 Å². The first-order valence-electron chi connectivity index (χ1n) is 12.6. The summed E-state index contributed by atoms with van der Waals surface area (Å²) in [6, 6.07) is 20.6. The van der Waals surface area contributed by atoms with Gasteiger partial charge >= 0.3 is 0 Å². The summed E-state index contributed by atoms with van der Waals surface area (Å²) in [7, 11) is 1.66. The van der Waals surface area contributed by atoms with E-state index in [4.69, 9.17) is 19.2 Å². The monoisotopic (exact) mass is 484 g/mol. The molecule has 36 heavy (non-hydrogen) atoms. The van der Waals surface area contributed by atoms with E-state index >= 15 is 0 Å². The van der Waals surface area contributed by atoms with Gasteiger partial charge in [-0.2, -0.15) is 0 Å². The smallest absolute Gasteiger partial charge is 0.161 e. The van der Waals surface area contributed by atoms with Crippen LogP contribution < -0.4 is 14.2 Å². The number of ether oxygens (including phenoxy) is 3. The fraction of sp³-hybridized carbons (Fsp3) is 0.323. The van der Waals surface area contributed by atoms with Gasteiger partial charge in [0.05, 0.1) is 24.8 Å². The Bertz CT molecular complexity index is 1340. The quantitative estimate of drug-likeness (QED) is 0.206. The summed E-state index contributed by atoms with van der Waals surface area (Å²) in [5.41, 5.74) is 5.60. The Balaban J connectivity index is 1.48. The summed E-state index contributed by atoms with van der Waals surface area (Å²) >= 11 is 0. The molecule has 0 saturated carbocycles. The molecule has 0 fully saturated rings. The summed E-state index contributed by atoms with van der Waals surface area (Å²) in [6.45, 7) is 10.3. The molecular weight excluding hydrogens is 448 g/mol. The van der Waals surface area contributed by atoms with E-state index in [0.29, 0.717) is 30.6 Å². The van der Waals surface area contributed by atoms with Crippen LogP contribution in [0.25, 0.3) is 17.1 Å². The number of aryl methyl sites for hydroxylation is 2. The van der Waals surface area contributed by atoms with Crippen molar-refractivity contribution < 1.29 is 14.2 Å².